The van der Waals surface area contributed by atoms with Crippen molar-refractivity contribution in [2.24, 2.45) is 0 Å². The number of aromatic amines is 1. The zero-order valence-corrected chi connectivity index (χ0v) is 8.10. The van der Waals surface area contributed by atoms with Crippen molar-refractivity contribution in [3.8, 4) is 5.75 Å². The summed E-state index contributed by atoms with van der Waals surface area (Å²) in [7, 11) is 0. The fourth-order valence-electron chi connectivity index (χ4n) is 1.45. The lowest BCUT2D eigenvalue weighted by atomic mass is 10.1. The van der Waals surface area contributed by atoms with Gasteiger partial charge >= 0.3 is 0 Å². The van der Waals surface area contributed by atoms with Crippen LogP contribution in [0.5, 0.6) is 5.75 Å². The highest BCUT2D eigenvalue weighted by molar-refractivity contribution is 5.33. The van der Waals surface area contributed by atoms with E-state index < -0.39 is 0 Å². The van der Waals surface area contributed by atoms with Gasteiger partial charge in [-0.25, -0.2) is 0 Å². The van der Waals surface area contributed by atoms with Gasteiger partial charge in [-0.15, -0.1) is 0 Å². The monoisotopic (exact) mass is 201 g/mol. The van der Waals surface area contributed by atoms with Crippen molar-refractivity contribution in [2.45, 2.75) is 6.42 Å². The number of hydrogen-bond donors (Lipinski definition) is 2. The number of aromatic hydroxyl groups is 1. The molecule has 2 rings (SSSR count). The van der Waals surface area contributed by atoms with Crippen molar-refractivity contribution >= 4 is 0 Å². The highest BCUT2D eigenvalue weighted by atomic mass is 16.3. The Morgan fingerprint density at radius 1 is 1.20 bits per heavy atom. The van der Waals surface area contributed by atoms with Crippen LogP contribution in [0, 0.1) is 0 Å². The van der Waals surface area contributed by atoms with Crippen molar-refractivity contribution in [1.29, 1.82) is 0 Å². The lowest BCUT2D eigenvalue weighted by Gasteiger charge is -2.03. The summed E-state index contributed by atoms with van der Waals surface area (Å²) in [5, 5.41) is 9.53. The Bertz CT molecular complexity index is 503. The van der Waals surface area contributed by atoms with Crippen LogP contribution >= 0.6 is 0 Å². The fraction of sp³-hybridized carbons (Fsp3) is 0.0833. The van der Waals surface area contributed by atoms with Gasteiger partial charge in [-0.2, -0.15) is 0 Å². The maximum absolute atomic E-state index is 10.9. The molecule has 0 bridgehead atoms. The van der Waals surface area contributed by atoms with Gasteiger partial charge in [0.1, 0.15) is 5.75 Å². The Kier molecular flexibility index (Phi) is 2.54. The number of rotatable bonds is 2. The van der Waals surface area contributed by atoms with E-state index in [1.165, 1.54) is 6.07 Å². The molecule has 3 heteroatoms. The van der Waals surface area contributed by atoms with Crippen molar-refractivity contribution in [1.82, 2.24) is 4.98 Å². The molecule has 0 unspecified atom stereocenters. The highest BCUT2D eigenvalue weighted by Gasteiger charge is 2.02. The van der Waals surface area contributed by atoms with Gasteiger partial charge in [-0.1, -0.05) is 30.3 Å². The SMILES string of the molecule is O=c1cc(O)c(Cc2ccccc2)c[nH]1. The van der Waals surface area contributed by atoms with Crippen LogP contribution in [0.25, 0.3) is 0 Å². The Labute approximate surface area is 87.0 Å². The van der Waals surface area contributed by atoms with Crippen molar-refractivity contribution in [3.05, 3.63) is 64.1 Å². The zero-order valence-electron chi connectivity index (χ0n) is 8.10. The maximum atomic E-state index is 10.9. The van der Waals surface area contributed by atoms with E-state index in [0.717, 1.165) is 11.1 Å². The van der Waals surface area contributed by atoms with E-state index in [0.29, 0.717) is 6.42 Å². The molecule has 2 N–H and O–H groups in total. The lowest BCUT2D eigenvalue weighted by Crippen LogP contribution is -2.04. The van der Waals surface area contributed by atoms with E-state index in [9.17, 15) is 9.90 Å². The summed E-state index contributed by atoms with van der Waals surface area (Å²) in [4.78, 5) is 13.4. The molecule has 0 fully saturated rings. The van der Waals surface area contributed by atoms with Crippen LogP contribution in [0.15, 0.2) is 47.4 Å². The third kappa shape index (κ3) is 2.26. The molecule has 1 aromatic carbocycles. The first kappa shape index (κ1) is 9.52. The average Bonchev–Trinajstić information content (AvgIpc) is 2.24. The first-order chi connectivity index (χ1) is 7.25. The Hall–Kier alpha value is -2.03. The smallest absolute Gasteiger partial charge is 0.251 e. The minimum absolute atomic E-state index is 0.0441. The van der Waals surface area contributed by atoms with Crippen molar-refractivity contribution < 1.29 is 5.11 Å². The topological polar surface area (TPSA) is 53.1 Å². The summed E-state index contributed by atoms with van der Waals surface area (Å²) in [5.41, 5.74) is 1.53. The Balaban J connectivity index is 2.29. The van der Waals surface area contributed by atoms with E-state index in [1.807, 2.05) is 30.3 Å². The molecule has 0 atom stereocenters. The second kappa shape index (κ2) is 4.00. The van der Waals surface area contributed by atoms with E-state index >= 15 is 0 Å². The molecule has 0 aliphatic rings. The highest BCUT2D eigenvalue weighted by Crippen LogP contribution is 2.16. The second-order valence-corrected chi connectivity index (χ2v) is 3.37. The number of pyridine rings is 1. The average molecular weight is 201 g/mol. The number of H-pyrrole nitrogens is 1. The molecular formula is C12H11NO2. The number of aromatic nitrogens is 1. The molecule has 0 aliphatic carbocycles. The van der Waals surface area contributed by atoms with Gasteiger partial charge in [0.15, 0.2) is 0 Å². The Morgan fingerprint density at radius 3 is 2.60 bits per heavy atom. The fourth-order valence-corrected chi connectivity index (χ4v) is 1.45. The molecule has 0 radical (unpaired) electrons. The van der Waals surface area contributed by atoms with Gasteiger partial charge in [-0.3, -0.25) is 4.79 Å². The van der Waals surface area contributed by atoms with Crippen LogP contribution in [0.2, 0.25) is 0 Å². The molecule has 76 valence electrons. The van der Waals surface area contributed by atoms with E-state index in [4.69, 9.17) is 0 Å². The van der Waals surface area contributed by atoms with Crippen LogP contribution < -0.4 is 5.56 Å². The molecule has 0 aliphatic heterocycles. The van der Waals surface area contributed by atoms with Crippen LogP contribution in [-0.4, -0.2) is 10.1 Å². The standard InChI is InChI=1S/C12H11NO2/c14-11-7-12(15)13-8-10(11)6-9-4-2-1-3-5-9/h1-5,7-8H,6H2,(H2,13,14,15). The molecule has 15 heavy (non-hydrogen) atoms. The number of nitrogens with one attached hydrogen (secondary N) is 1. The van der Waals surface area contributed by atoms with Crippen molar-refractivity contribution in [2.75, 3.05) is 0 Å². The third-order valence-corrected chi connectivity index (χ3v) is 2.22. The molecule has 3 nitrogen and oxygen atoms in total. The van der Waals surface area contributed by atoms with Gasteiger partial charge in [0.2, 0.25) is 0 Å². The number of benzene rings is 1. The van der Waals surface area contributed by atoms with Crippen LogP contribution in [0.1, 0.15) is 11.1 Å². The largest absolute Gasteiger partial charge is 0.507 e. The molecular weight excluding hydrogens is 190 g/mol. The molecule has 0 saturated heterocycles. The van der Waals surface area contributed by atoms with E-state index in [1.54, 1.807) is 6.20 Å². The van der Waals surface area contributed by atoms with Crippen LogP contribution in [-0.2, 0) is 6.42 Å². The summed E-state index contributed by atoms with van der Waals surface area (Å²) in [6, 6.07) is 11.0. The summed E-state index contributed by atoms with van der Waals surface area (Å²) in [5.74, 6) is 0.0441. The summed E-state index contributed by atoms with van der Waals surface area (Å²) in [6.07, 6.45) is 2.16. The quantitative estimate of drug-likeness (QED) is 0.776. The Morgan fingerprint density at radius 2 is 1.93 bits per heavy atom. The molecule has 0 spiro atoms. The summed E-state index contributed by atoms with van der Waals surface area (Å²) in [6.45, 7) is 0. The van der Waals surface area contributed by atoms with Gasteiger partial charge in [-0.05, 0) is 5.56 Å². The van der Waals surface area contributed by atoms with Crippen LogP contribution in [0.3, 0.4) is 0 Å². The van der Waals surface area contributed by atoms with Crippen LogP contribution in [0.4, 0.5) is 0 Å². The van der Waals surface area contributed by atoms with Gasteiger partial charge in [0, 0.05) is 24.2 Å². The predicted octanol–water partition coefficient (Wildman–Crippen LogP) is 1.67. The normalized spacial score (nSPS) is 10.1. The molecule has 1 heterocycles. The van der Waals surface area contributed by atoms with Gasteiger partial charge in [0.25, 0.3) is 5.56 Å². The van der Waals surface area contributed by atoms with Crippen molar-refractivity contribution in [3.63, 3.8) is 0 Å². The summed E-state index contributed by atoms with van der Waals surface area (Å²) < 4.78 is 0. The summed E-state index contributed by atoms with van der Waals surface area (Å²) >= 11 is 0. The molecule has 1 aromatic heterocycles. The van der Waals surface area contributed by atoms with Gasteiger partial charge < -0.3 is 10.1 Å². The minimum Gasteiger partial charge on any atom is -0.507 e. The maximum Gasteiger partial charge on any atom is 0.251 e. The molecule has 0 saturated carbocycles. The molecule has 0 amide bonds. The first-order valence-corrected chi connectivity index (χ1v) is 4.70. The predicted molar refractivity (Wildman–Crippen MR) is 58.0 cm³/mol. The first-order valence-electron chi connectivity index (χ1n) is 4.70. The lowest BCUT2D eigenvalue weighted by molar-refractivity contribution is 0.467. The second-order valence-electron chi connectivity index (χ2n) is 3.37. The van der Waals surface area contributed by atoms with E-state index in [2.05, 4.69) is 4.98 Å². The minimum atomic E-state index is -0.288. The number of hydrogen-bond acceptors (Lipinski definition) is 2. The zero-order chi connectivity index (χ0) is 10.7. The third-order valence-electron chi connectivity index (χ3n) is 2.22. The molecule has 2 aromatic rings. The van der Waals surface area contributed by atoms with E-state index in [-0.39, 0.29) is 11.3 Å². The van der Waals surface area contributed by atoms with Gasteiger partial charge in [0.05, 0.1) is 0 Å².